The summed E-state index contributed by atoms with van der Waals surface area (Å²) < 4.78 is 5.48. The number of hydrogen-bond acceptors (Lipinski definition) is 7. The Kier molecular flexibility index (Phi) is 5.66. The number of thioether (sulfide) groups is 1. The van der Waals surface area contributed by atoms with Crippen LogP contribution in [0.25, 0.3) is 4.85 Å². The molecule has 2 N–H and O–H groups in total. The van der Waals surface area contributed by atoms with Crippen molar-refractivity contribution in [3.63, 3.8) is 0 Å². The predicted octanol–water partition coefficient (Wildman–Crippen LogP) is 3.68. The lowest BCUT2D eigenvalue weighted by Gasteiger charge is -2.10. The number of aromatic nitrogens is 5. The molecule has 3 heterocycles. The number of aromatic amines is 1. The molecule has 3 rings (SSSR count). The van der Waals surface area contributed by atoms with Gasteiger partial charge in [0, 0.05) is 29.9 Å². The third-order valence-electron chi connectivity index (χ3n) is 3.32. The monoisotopic (exact) mass is 367 g/mol. The van der Waals surface area contributed by atoms with Crippen molar-refractivity contribution >= 4 is 29.1 Å². The van der Waals surface area contributed by atoms with E-state index in [-0.39, 0.29) is 0 Å². The summed E-state index contributed by atoms with van der Waals surface area (Å²) in [6.07, 6.45) is 3.26. The van der Waals surface area contributed by atoms with Gasteiger partial charge in [-0.25, -0.2) is 19.8 Å². The maximum Gasteiger partial charge on any atom is 0.316 e. The van der Waals surface area contributed by atoms with Gasteiger partial charge >= 0.3 is 6.01 Å². The molecule has 0 unspecified atom stereocenters. The van der Waals surface area contributed by atoms with Gasteiger partial charge in [-0.3, -0.25) is 5.10 Å². The van der Waals surface area contributed by atoms with Gasteiger partial charge in [0.25, 0.3) is 0 Å². The maximum absolute atomic E-state index is 7.42. The van der Waals surface area contributed by atoms with Gasteiger partial charge in [-0.15, -0.1) is 11.8 Å². The van der Waals surface area contributed by atoms with E-state index in [2.05, 4.69) is 35.3 Å². The summed E-state index contributed by atoms with van der Waals surface area (Å²) in [4.78, 5) is 16.2. The lowest BCUT2D eigenvalue weighted by atomic mass is 10.2. The first kappa shape index (κ1) is 17.7. The zero-order chi connectivity index (χ0) is 18.4. The first-order chi connectivity index (χ1) is 12.7. The fraction of sp³-hybridized carbons (Fsp3) is 0.235. The second kappa shape index (κ2) is 8.31. The van der Waals surface area contributed by atoms with Crippen LogP contribution in [0.5, 0.6) is 6.01 Å². The molecule has 3 aromatic rings. The van der Waals surface area contributed by atoms with Crippen molar-refractivity contribution in [2.45, 2.75) is 18.9 Å². The fourth-order valence-electron chi connectivity index (χ4n) is 2.18. The summed E-state index contributed by atoms with van der Waals surface area (Å²) in [6.45, 7) is 11.7. The summed E-state index contributed by atoms with van der Waals surface area (Å²) in [5.74, 6) is 1.96. The summed E-state index contributed by atoms with van der Waals surface area (Å²) in [5, 5.41) is 10.8. The molecule has 132 valence electrons. The molecule has 0 fully saturated rings. The molecule has 9 heteroatoms. The molecule has 0 atom stereocenters. The smallest absolute Gasteiger partial charge is 0.316 e. The van der Waals surface area contributed by atoms with Crippen LogP contribution in [0.2, 0.25) is 0 Å². The van der Waals surface area contributed by atoms with E-state index >= 15 is 0 Å². The first-order valence-corrected chi connectivity index (χ1v) is 8.85. The van der Waals surface area contributed by atoms with E-state index in [9.17, 15) is 0 Å². The van der Waals surface area contributed by atoms with Gasteiger partial charge in [-0.1, -0.05) is 0 Å². The minimum atomic E-state index is 0.340. The van der Waals surface area contributed by atoms with Crippen LogP contribution in [0.3, 0.4) is 0 Å². The van der Waals surface area contributed by atoms with Crippen LogP contribution in [0.1, 0.15) is 11.3 Å². The summed E-state index contributed by atoms with van der Waals surface area (Å²) in [6, 6.07) is 5.80. The molecule has 26 heavy (non-hydrogen) atoms. The van der Waals surface area contributed by atoms with E-state index in [1.54, 1.807) is 18.5 Å². The van der Waals surface area contributed by atoms with Crippen molar-refractivity contribution in [3.8, 4) is 6.01 Å². The molecule has 0 amide bonds. The third-order valence-corrected chi connectivity index (χ3v) is 4.25. The van der Waals surface area contributed by atoms with Gasteiger partial charge in [0.05, 0.1) is 6.57 Å². The molecular weight excluding hydrogens is 350 g/mol. The number of anilines is 2. The topological polar surface area (TPSA) is 93.0 Å². The van der Waals surface area contributed by atoms with Crippen molar-refractivity contribution < 1.29 is 4.74 Å². The van der Waals surface area contributed by atoms with Crippen molar-refractivity contribution in [1.29, 1.82) is 0 Å². The Morgan fingerprint density at radius 2 is 2.04 bits per heavy atom. The zero-order valence-corrected chi connectivity index (χ0v) is 15.2. The number of pyridine rings is 1. The van der Waals surface area contributed by atoms with Crippen molar-refractivity contribution in [1.82, 2.24) is 25.1 Å². The Hall–Kier alpha value is -3.12. The minimum Gasteiger partial charge on any atom is -0.463 e. The molecule has 0 saturated heterocycles. The van der Waals surface area contributed by atoms with Crippen LogP contribution in [-0.2, 0) is 0 Å². The van der Waals surface area contributed by atoms with Gasteiger partial charge in [-0.2, -0.15) is 5.10 Å². The molecule has 0 bridgehead atoms. The Morgan fingerprint density at radius 1 is 1.23 bits per heavy atom. The third kappa shape index (κ3) is 4.49. The van der Waals surface area contributed by atoms with Crippen LogP contribution < -0.4 is 10.1 Å². The highest BCUT2D eigenvalue weighted by Gasteiger charge is 2.12. The number of aryl methyl sites for hydroxylation is 2. The summed E-state index contributed by atoms with van der Waals surface area (Å²) in [5.41, 5.74) is 2.37. The van der Waals surface area contributed by atoms with Gasteiger partial charge in [-0.05, 0) is 31.5 Å². The average Bonchev–Trinajstić information content (AvgIpc) is 3.04. The molecule has 0 saturated carbocycles. The Labute approximate surface area is 155 Å². The minimum absolute atomic E-state index is 0.340. The molecule has 3 aromatic heterocycles. The van der Waals surface area contributed by atoms with Crippen molar-refractivity contribution in [3.05, 3.63) is 53.3 Å². The Bertz CT molecular complexity index is 921. The molecule has 8 nitrogen and oxygen atoms in total. The van der Waals surface area contributed by atoms with Crippen LogP contribution in [0.15, 0.2) is 35.6 Å². The van der Waals surface area contributed by atoms with E-state index in [0.29, 0.717) is 40.7 Å². The largest absolute Gasteiger partial charge is 0.463 e. The lowest BCUT2D eigenvalue weighted by molar-refractivity contribution is 0.316. The highest BCUT2D eigenvalue weighted by Crippen LogP contribution is 2.33. The zero-order valence-electron chi connectivity index (χ0n) is 14.4. The quantitative estimate of drug-likeness (QED) is 0.374. The highest BCUT2D eigenvalue weighted by molar-refractivity contribution is 7.99. The van der Waals surface area contributed by atoms with Crippen LogP contribution >= 0.6 is 11.8 Å². The number of ether oxygens (including phenoxy) is 1. The normalized spacial score (nSPS) is 10.3. The SMILES string of the molecule is [C-]#[N+]c1c(C)cc(Nc2cc(C)[nH]n2)nc1SCCOc1ncccn1. The second-order valence-corrected chi connectivity index (χ2v) is 6.46. The predicted molar refractivity (Wildman–Crippen MR) is 100 cm³/mol. The van der Waals surface area contributed by atoms with E-state index in [0.717, 1.165) is 11.3 Å². The fourth-order valence-corrected chi connectivity index (χ4v) is 3.05. The van der Waals surface area contributed by atoms with Crippen molar-refractivity contribution in [2.75, 3.05) is 17.7 Å². The number of rotatable bonds is 7. The van der Waals surface area contributed by atoms with Crippen LogP contribution in [0, 0.1) is 20.4 Å². The Balaban J connectivity index is 1.67. The second-order valence-electron chi connectivity index (χ2n) is 5.38. The number of hydrogen-bond donors (Lipinski definition) is 2. The van der Waals surface area contributed by atoms with Crippen LogP contribution in [-0.4, -0.2) is 37.5 Å². The summed E-state index contributed by atoms with van der Waals surface area (Å²) in [7, 11) is 0. The molecule has 0 aromatic carbocycles. The van der Waals surface area contributed by atoms with Gasteiger partial charge in [0.15, 0.2) is 5.82 Å². The molecule has 0 radical (unpaired) electrons. The molecular formula is C17H17N7OS. The van der Waals surface area contributed by atoms with Gasteiger partial charge in [0.1, 0.15) is 17.5 Å². The van der Waals surface area contributed by atoms with E-state index in [1.807, 2.05) is 26.0 Å². The molecule has 0 aliphatic rings. The Morgan fingerprint density at radius 3 is 2.73 bits per heavy atom. The number of nitrogens with zero attached hydrogens (tertiary/aromatic N) is 5. The maximum atomic E-state index is 7.42. The van der Waals surface area contributed by atoms with Crippen LogP contribution in [0.4, 0.5) is 17.3 Å². The number of H-pyrrole nitrogens is 1. The van der Waals surface area contributed by atoms with E-state index in [1.165, 1.54) is 11.8 Å². The molecule has 0 aliphatic heterocycles. The molecule has 0 spiro atoms. The standard InChI is InChI=1S/C17H17N7OS/c1-11-9-13(21-14-10-12(2)23-24-14)22-16(15(11)18-3)26-8-7-25-17-19-5-4-6-20-17/h4-6,9-10H,7-8H2,1-2H3,(H2,21,22,23,24). The van der Waals surface area contributed by atoms with Gasteiger partial charge in [0.2, 0.25) is 5.69 Å². The average molecular weight is 367 g/mol. The summed E-state index contributed by atoms with van der Waals surface area (Å²) >= 11 is 1.46. The lowest BCUT2D eigenvalue weighted by Crippen LogP contribution is -2.03. The number of nitrogens with one attached hydrogen (secondary N) is 2. The highest BCUT2D eigenvalue weighted by atomic mass is 32.2. The van der Waals surface area contributed by atoms with Gasteiger partial charge < -0.3 is 10.1 Å². The van der Waals surface area contributed by atoms with Crippen molar-refractivity contribution in [2.24, 2.45) is 0 Å². The molecule has 0 aliphatic carbocycles. The first-order valence-electron chi connectivity index (χ1n) is 7.86. The van der Waals surface area contributed by atoms with E-state index < -0.39 is 0 Å². The van der Waals surface area contributed by atoms with E-state index in [4.69, 9.17) is 11.3 Å².